The van der Waals surface area contributed by atoms with Crippen molar-refractivity contribution < 1.29 is 4.74 Å². The van der Waals surface area contributed by atoms with E-state index in [4.69, 9.17) is 4.74 Å². The molecule has 0 aliphatic rings. The SMILES string of the molecule is Cc1cccc(NCCCOc2ccccc2)c1Br. The zero-order valence-corrected chi connectivity index (χ0v) is 12.6. The molecule has 0 radical (unpaired) electrons. The molecule has 2 aromatic rings. The molecule has 0 heterocycles. The normalized spacial score (nSPS) is 10.2. The van der Waals surface area contributed by atoms with E-state index in [-0.39, 0.29) is 0 Å². The van der Waals surface area contributed by atoms with Gasteiger partial charge in [-0.05, 0) is 53.0 Å². The second-order valence-electron chi connectivity index (χ2n) is 4.38. The predicted octanol–water partition coefficient (Wildman–Crippen LogP) is 4.64. The monoisotopic (exact) mass is 319 g/mol. The molecule has 3 heteroatoms. The van der Waals surface area contributed by atoms with Crippen molar-refractivity contribution in [1.82, 2.24) is 0 Å². The van der Waals surface area contributed by atoms with Gasteiger partial charge >= 0.3 is 0 Å². The van der Waals surface area contributed by atoms with Crippen molar-refractivity contribution in [2.45, 2.75) is 13.3 Å². The number of hydrogen-bond donors (Lipinski definition) is 1. The molecule has 0 fully saturated rings. The Hall–Kier alpha value is -1.48. The number of halogens is 1. The average molecular weight is 320 g/mol. The van der Waals surface area contributed by atoms with E-state index in [9.17, 15) is 0 Å². The third-order valence-corrected chi connectivity index (χ3v) is 3.89. The number of anilines is 1. The Labute approximate surface area is 122 Å². The summed E-state index contributed by atoms with van der Waals surface area (Å²) in [5.74, 6) is 0.930. The van der Waals surface area contributed by atoms with Crippen LogP contribution in [0.3, 0.4) is 0 Å². The van der Waals surface area contributed by atoms with Crippen LogP contribution in [-0.2, 0) is 0 Å². The van der Waals surface area contributed by atoms with Crippen LogP contribution in [0.25, 0.3) is 0 Å². The van der Waals surface area contributed by atoms with Crippen molar-refractivity contribution in [3.05, 3.63) is 58.6 Å². The van der Waals surface area contributed by atoms with Crippen molar-refractivity contribution >= 4 is 21.6 Å². The topological polar surface area (TPSA) is 21.3 Å². The summed E-state index contributed by atoms with van der Waals surface area (Å²) in [4.78, 5) is 0. The summed E-state index contributed by atoms with van der Waals surface area (Å²) >= 11 is 3.59. The molecule has 0 unspecified atom stereocenters. The third-order valence-electron chi connectivity index (χ3n) is 2.84. The van der Waals surface area contributed by atoms with Crippen molar-refractivity contribution in [2.75, 3.05) is 18.5 Å². The van der Waals surface area contributed by atoms with E-state index >= 15 is 0 Å². The molecule has 0 saturated carbocycles. The standard InChI is InChI=1S/C16H18BrNO/c1-13-7-5-10-15(16(13)17)18-11-6-12-19-14-8-3-2-4-9-14/h2-5,7-10,18H,6,11-12H2,1H3. The van der Waals surface area contributed by atoms with Crippen LogP contribution >= 0.6 is 15.9 Å². The van der Waals surface area contributed by atoms with Gasteiger partial charge in [-0.1, -0.05) is 30.3 Å². The average Bonchev–Trinajstić information content (AvgIpc) is 2.44. The minimum Gasteiger partial charge on any atom is -0.494 e. The first-order valence-electron chi connectivity index (χ1n) is 6.44. The van der Waals surface area contributed by atoms with Gasteiger partial charge in [0.15, 0.2) is 0 Å². The van der Waals surface area contributed by atoms with Gasteiger partial charge in [-0.15, -0.1) is 0 Å². The highest BCUT2D eigenvalue weighted by Gasteiger charge is 2.00. The number of ether oxygens (including phenoxy) is 1. The highest BCUT2D eigenvalue weighted by molar-refractivity contribution is 9.10. The maximum atomic E-state index is 5.65. The number of aryl methyl sites for hydroxylation is 1. The number of nitrogens with one attached hydrogen (secondary N) is 1. The molecular weight excluding hydrogens is 302 g/mol. The van der Waals surface area contributed by atoms with Gasteiger partial charge in [0.05, 0.1) is 6.61 Å². The fourth-order valence-corrected chi connectivity index (χ4v) is 2.19. The number of benzene rings is 2. The van der Waals surface area contributed by atoms with E-state index in [1.807, 2.05) is 30.3 Å². The lowest BCUT2D eigenvalue weighted by atomic mass is 10.2. The molecule has 0 aliphatic carbocycles. The Morgan fingerprint density at radius 2 is 1.84 bits per heavy atom. The largest absolute Gasteiger partial charge is 0.494 e. The van der Waals surface area contributed by atoms with Crippen LogP contribution in [-0.4, -0.2) is 13.2 Å². The van der Waals surface area contributed by atoms with E-state index in [1.165, 1.54) is 5.56 Å². The molecule has 1 N–H and O–H groups in total. The van der Waals surface area contributed by atoms with E-state index in [0.717, 1.165) is 35.5 Å². The molecule has 2 nitrogen and oxygen atoms in total. The first-order valence-corrected chi connectivity index (χ1v) is 7.23. The summed E-state index contributed by atoms with van der Waals surface area (Å²) in [7, 11) is 0. The van der Waals surface area contributed by atoms with Gasteiger partial charge in [0.1, 0.15) is 5.75 Å². The number of hydrogen-bond acceptors (Lipinski definition) is 2. The maximum Gasteiger partial charge on any atom is 0.119 e. The van der Waals surface area contributed by atoms with Crippen LogP contribution in [0.4, 0.5) is 5.69 Å². The Bertz CT molecular complexity index is 513. The Morgan fingerprint density at radius 1 is 1.05 bits per heavy atom. The fraction of sp³-hybridized carbons (Fsp3) is 0.250. The van der Waals surface area contributed by atoms with E-state index in [2.05, 4.69) is 46.4 Å². The Kier molecular flexibility index (Phi) is 5.28. The molecule has 0 spiro atoms. The molecule has 0 atom stereocenters. The summed E-state index contributed by atoms with van der Waals surface area (Å²) in [5.41, 5.74) is 2.38. The van der Waals surface area contributed by atoms with E-state index in [0.29, 0.717) is 0 Å². The molecule has 0 aromatic heterocycles. The van der Waals surface area contributed by atoms with Gasteiger partial charge < -0.3 is 10.1 Å². The highest BCUT2D eigenvalue weighted by Crippen LogP contribution is 2.25. The smallest absolute Gasteiger partial charge is 0.119 e. The minimum atomic E-state index is 0.723. The van der Waals surface area contributed by atoms with Crippen molar-refractivity contribution in [3.8, 4) is 5.75 Å². The molecule has 0 amide bonds. The summed E-state index contributed by atoms with van der Waals surface area (Å²) in [6.07, 6.45) is 0.968. The highest BCUT2D eigenvalue weighted by atomic mass is 79.9. The van der Waals surface area contributed by atoms with Crippen LogP contribution < -0.4 is 10.1 Å². The van der Waals surface area contributed by atoms with Gasteiger partial charge in [-0.3, -0.25) is 0 Å². The lowest BCUT2D eigenvalue weighted by Gasteiger charge is -2.10. The van der Waals surface area contributed by atoms with Gasteiger partial charge in [-0.2, -0.15) is 0 Å². The van der Waals surface area contributed by atoms with Gasteiger partial charge in [-0.25, -0.2) is 0 Å². The van der Waals surface area contributed by atoms with Gasteiger partial charge in [0, 0.05) is 16.7 Å². The Balaban J connectivity index is 1.71. The van der Waals surface area contributed by atoms with Gasteiger partial charge in [0.2, 0.25) is 0 Å². The van der Waals surface area contributed by atoms with Gasteiger partial charge in [0.25, 0.3) is 0 Å². The first kappa shape index (κ1) is 13.9. The minimum absolute atomic E-state index is 0.723. The Morgan fingerprint density at radius 3 is 2.63 bits per heavy atom. The van der Waals surface area contributed by atoms with Crippen LogP contribution in [0.5, 0.6) is 5.75 Å². The summed E-state index contributed by atoms with van der Waals surface area (Å²) in [5, 5.41) is 3.41. The maximum absolute atomic E-state index is 5.65. The second-order valence-corrected chi connectivity index (χ2v) is 5.17. The zero-order valence-electron chi connectivity index (χ0n) is 11.0. The summed E-state index contributed by atoms with van der Waals surface area (Å²) in [6.45, 7) is 3.71. The van der Waals surface area contributed by atoms with Crippen molar-refractivity contribution in [1.29, 1.82) is 0 Å². The van der Waals surface area contributed by atoms with Crippen molar-refractivity contribution in [3.63, 3.8) is 0 Å². The van der Waals surface area contributed by atoms with E-state index < -0.39 is 0 Å². The molecule has 2 aromatic carbocycles. The third kappa shape index (κ3) is 4.28. The van der Waals surface area contributed by atoms with Crippen LogP contribution in [0, 0.1) is 6.92 Å². The summed E-state index contributed by atoms with van der Waals surface area (Å²) < 4.78 is 6.78. The quantitative estimate of drug-likeness (QED) is 0.783. The fourth-order valence-electron chi connectivity index (χ4n) is 1.79. The molecule has 100 valence electrons. The van der Waals surface area contributed by atoms with Crippen LogP contribution in [0.2, 0.25) is 0 Å². The van der Waals surface area contributed by atoms with Crippen LogP contribution in [0.1, 0.15) is 12.0 Å². The van der Waals surface area contributed by atoms with Crippen molar-refractivity contribution in [2.24, 2.45) is 0 Å². The molecular formula is C16H18BrNO. The first-order chi connectivity index (χ1) is 9.27. The van der Waals surface area contributed by atoms with E-state index in [1.54, 1.807) is 0 Å². The summed E-state index contributed by atoms with van der Waals surface area (Å²) in [6, 6.07) is 16.1. The zero-order chi connectivity index (χ0) is 13.5. The van der Waals surface area contributed by atoms with Crippen LogP contribution in [0.15, 0.2) is 53.0 Å². The lowest BCUT2D eigenvalue weighted by molar-refractivity contribution is 0.315. The lowest BCUT2D eigenvalue weighted by Crippen LogP contribution is -2.07. The molecule has 0 aliphatic heterocycles. The molecule has 0 saturated heterocycles. The number of rotatable bonds is 6. The predicted molar refractivity (Wildman–Crippen MR) is 83.9 cm³/mol. The molecule has 0 bridgehead atoms. The molecule has 19 heavy (non-hydrogen) atoms. The molecule has 2 rings (SSSR count). The number of para-hydroxylation sites is 1. The second kappa shape index (κ2) is 7.19.